The van der Waals surface area contributed by atoms with Crippen molar-refractivity contribution in [1.29, 1.82) is 0 Å². The van der Waals surface area contributed by atoms with E-state index in [1.165, 1.54) is 0 Å². The van der Waals surface area contributed by atoms with Gasteiger partial charge in [-0.2, -0.15) is 0 Å². The molecular formula is C18H18N2O2. The lowest BCUT2D eigenvalue weighted by atomic mass is 10.1. The van der Waals surface area contributed by atoms with Gasteiger partial charge in [0.2, 0.25) is 0 Å². The molecule has 0 radical (unpaired) electrons. The summed E-state index contributed by atoms with van der Waals surface area (Å²) in [7, 11) is 0. The molecule has 0 atom stereocenters. The smallest absolute Gasteiger partial charge is 0.359 e. The molecule has 4 nitrogen and oxygen atoms in total. The minimum absolute atomic E-state index is 0.0220. The first-order chi connectivity index (χ1) is 10.8. The molecule has 0 aliphatic carbocycles. The van der Waals surface area contributed by atoms with Crippen molar-refractivity contribution in [2.45, 2.75) is 32.2 Å². The second-order valence-corrected chi connectivity index (χ2v) is 5.34. The molecule has 3 rings (SSSR count). The van der Waals surface area contributed by atoms with Crippen LogP contribution in [0, 0.1) is 12.3 Å². The number of aromatic nitrogens is 2. The molecule has 1 aliphatic rings. The van der Waals surface area contributed by atoms with E-state index in [-0.39, 0.29) is 6.61 Å². The normalized spacial score (nSPS) is 13.8. The van der Waals surface area contributed by atoms with E-state index in [9.17, 15) is 4.79 Å². The van der Waals surface area contributed by atoms with Gasteiger partial charge in [0.15, 0.2) is 12.3 Å². The Bertz CT molecular complexity index is 711. The number of fused-ring (bicyclic) bond motifs is 1. The Morgan fingerprint density at radius 1 is 1.27 bits per heavy atom. The third-order valence-corrected chi connectivity index (χ3v) is 3.88. The molecule has 0 unspecified atom stereocenters. The second kappa shape index (κ2) is 6.48. The van der Waals surface area contributed by atoms with Crippen molar-refractivity contribution in [3.8, 4) is 23.7 Å². The number of nitrogens with zero attached hydrogens (tertiary/aromatic N) is 2. The molecule has 0 saturated heterocycles. The molecule has 0 saturated carbocycles. The van der Waals surface area contributed by atoms with Crippen LogP contribution in [0.3, 0.4) is 0 Å². The first-order valence-electron chi connectivity index (χ1n) is 7.56. The number of esters is 1. The summed E-state index contributed by atoms with van der Waals surface area (Å²) in [4.78, 5) is 16.8. The predicted octanol–water partition coefficient (Wildman–Crippen LogP) is 3.07. The molecule has 4 heteroatoms. The van der Waals surface area contributed by atoms with Crippen LogP contribution in [0.2, 0.25) is 0 Å². The monoisotopic (exact) mass is 294 g/mol. The molecule has 2 aromatic rings. The van der Waals surface area contributed by atoms with Crippen molar-refractivity contribution in [2.24, 2.45) is 0 Å². The van der Waals surface area contributed by atoms with E-state index in [1.54, 1.807) is 0 Å². The number of rotatable bonds is 3. The number of carbonyl (C=O) groups is 1. The molecule has 0 bridgehead atoms. The van der Waals surface area contributed by atoms with Gasteiger partial charge in [-0.15, -0.1) is 6.42 Å². The van der Waals surface area contributed by atoms with Crippen molar-refractivity contribution >= 4 is 5.97 Å². The van der Waals surface area contributed by atoms with E-state index in [0.717, 1.165) is 49.3 Å². The molecule has 0 amide bonds. The first kappa shape index (κ1) is 14.4. The number of benzene rings is 1. The van der Waals surface area contributed by atoms with Crippen LogP contribution in [0.25, 0.3) is 11.4 Å². The zero-order valence-corrected chi connectivity index (χ0v) is 12.4. The highest BCUT2D eigenvalue weighted by molar-refractivity contribution is 5.89. The van der Waals surface area contributed by atoms with Gasteiger partial charge in [0.05, 0.1) is 5.69 Å². The van der Waals surface area contributed by atoms with Crippen LogP contribution in [-0.4, -0.2) is 22.1 Å². The van der Waals surface area contributed by atoms with E-state index in [0.29, 0.717) is 5.69 Å². The van der Waals surface area contributed by atoms with Crippen LogP contribution in [0.4, 0.5) is 0 Å². The summed E-state index contributed by atoms with van der Waals surface area (Å²) in [5.41, 5.74) is 2.40. The van der Waals surface area contributed by atoms with E-state index in [1.807, 2.05) is 30.3 Å². The molecule has 112 valence electrons. The van der Waals surface area contributed by atoms with Crippen molar-refractivity contribution in [3.63, 3.8) is 0 Å². The van der Waals surface area contributed by atoms with Gasteiger partial charge in [0.1, 0.15) is 5.82 Å². The Labute approximate surface area is 130 Å². The Kier molecular flexibility index (Phi) is 4.24. The highest BCUT2D eigenvalue weighted by atomic mass is 16.5. The molecule has 0 spiro atoms. The summed E-state index contributed by atoms with van der Waals surface area (Å²) >= 11 is 0. The fourth-order valence-electron chi connectivity index (χ4n) is 2.87. The van der Waals surface area contributed by atoms with Crippen molar-refractivity contribution in [1.82, 2.24) is 9.55 Å². The number of hydrogen-bond donors (Lipinski definition) is 0. The molecule has 1 aliphatic heterocycles. The topological polar surface area (TPSA) is 44.1 Å². The summed E-state index contributed by atoms with van der Waals surface area (Å²) in [6.07, 6.45) is 9.33. The van der Waals surface area contributed by atoms with Gasteiger partial charge in [-0.3, -0.25) is 0 Å². The average molecular weight is 294 g/mol. The zero-order valence-electron chi connectivity index (χ0n) is 12.4. The van der Waals surface area contributed by atoms with Crippen LogP contribution >= 0.6 is 0 Å². The lowest BCUT2D eigenvalue weighted by Gasteiger charge is -2.08. The fourth-order valence-corrected chi connectivity index (χ4v) is 2.87. The fraction of sp³-hybridized carbons (Fsp3) is 0.333. The maximum Gasteiger partial charge on any atom is 0.359 e. The summed E-state index contributed by atoms with van der Waals surface area (Å²) < 4.78 is 7.24. The number of terminal acetylenes is 1. The lowest BCUT2D eigenvalue weighted by molar-refractivity contribution is 0.0549. The number of carbonyl (C=O) groups excluding carboxylic acids is 1. The summed E-state index contributed by atoms with van der Waals surface area (Å²) in [6, 6.07) is 9.94. The van der Waals surface area contributed by atoms with Crippen molar-refractivity contribution in [3.05, 3.63) is 41.7 Å². The van der Waals surface area contributed by atoms with Crippen LogP contribution < -0.4 is 0 Å². The zero-order chi connectivity index (χ0) is 15.4. The summed E-state index contributed by atoms with van der Waals surface area (Å²) in [6.45, 7) is 0.862. The van der Waals surface area contributed by atoms with E-state index < -0.39 is 5.97 Å². The van der Waals surface area contributed by atoms with Crippen molar-refractivity contribution < 1.29 is 9.53 Å². The first-order valence-corrected chi connectivity index (χ1v) is 7.56. The third-order valence-electron chi connectivity index (χ3n) is 3.88. The highest BCUT2D eigenvalue weighted by Crippen LogP contribution is 2.27. The third kappa shape index (κ3) is 2.75. The minimum atomic E-state index is -0.425. The van der Waals surface area contributed by atoms with Gasteiger partial charge in [-0.25, -0.2) is 9.78 Å². The van der Waals surface area contributed by atoms with Crippen LogP contribution in [0.1, 0.15) is 35.4 Å². The van der Waals surface area contributed by atoms with E-state index >= 15 is 0 Å². The SMILES string of the molecule is C#CCOC(=O)c1nc(-c2ccccc2)n2c1CCCCC2. The number of imidazole rings is 1. The van der Waals surface area contributed by atoms with Crippen LogP contribution in [0.5, 0.6) is 0 Å². The van der Waals surface area contributed by atoms with Gasteiger partial charge in [0, 0.05) is 12.1 Å². The Balaban J connectivity index is 2.06. The quantitative estimate of drug-likeness (QED) is 0.645. The Morgan fingerprint density at radius 2 is 2.09 bits per heavy atom. The predicted molar refractivity (Wildman–Crippen MR) is 84.3 cm³/mol. The number of ether oxygens (including phenoxy) is 1. The standard InChI is InChI=1S/C18H18N2O2/c1-2-13-22-18(21)16-15-11-7-4-8-12-20(15)17(19-16)14-9-5-3-6-10-14/h1,3,5-6,9-10H,4,7-8,11-13H2. The summed E-state index contributed by atoms with van der Waals surface area (Å²) in [5.74, 6) is 2.73. The van der Waals surface area contributed by atoms with Gasteiger partial charge < -0.3 is 9.30 Å². The molecular weight excluding hydrogens is 276 g/mol. The molecule has 0 fully saturated rings. The van der Waals surface area contributed by atoms with Gasteiger partial charge in [-0.05, 0) is 19.3 Å². The van der Waals surface area contributed by atoms with Crippen LogP contribution in [-0.2, 0) is 17.7 Å². The minimum Gasteiger partial charge on any atom is -0.448 e. The maximum atomic E-state index is 12.2. The van der Waals surface area contributed by atoms with E-state index in [4.69, 9.17) is 11.2 Å². The van der Waals surface area contributed by atoms with E-state index in [2.05, 4.69) is 15.5 Å². The number of hydrogen-bond acceptors (Lipinski definition) is 3. The highest BCUT2D eigenvalue weighted by Gasteiger charge is 2.24. The lowest BCUT2D eigenvalue weighted by Crippen LogP contribution is -2.10. The maximum absolute atomic E-state index is 12.2. The summed E-state index contributed by atoms with van der Waals surface area (Å²) in [5, 5.41) is 0. The molecule has 2 heterocycles. The Hall–Kier alpha value is -2.54. The van der Waals surface area contributed by atoms with Gasteiger partial charge in [-0.1, -0.05) is 42.7 Å². The van der Waals surface area contributed by atoms with Crippen LogP contribution in [0.15, 0.2) is 30.3 Å². The molecule has 0 N–H and O–H groups in total. The van der Waals surface area contributed by atoms with Gasteiger partial charge in [0.25, 0.3) is 0 Å². The molecule has 1 aromatic carbocycles. The molecule has 22 heavy (non-hydrogen) atoms. The largest absolute Gasteiger partial charge is 0.448 e. The van der Waals surface area contributed by atoms with Crippen molar-refractivity contribution in [2.75, 3.05) is 6.61 Å². The van der Waals surface area contributed by atoms with Gasteiger partial charge >= 0.3 is 5.97 Å². The average Bonchev–Trinajstić information content (AvgIpc) is 2.75. The Morgan fingerprint density at radius 3 is 2.86 bits per heavy atom. The molecule has 1 aromatic heterocycles. The second-order valence-electron chi connectivity index (χ2n) is 5.34.